The van der Waals surface area contributed by atoms with Gasteiger partial charge in [0.25, 0.3) is 0 Å². The smallest absolute Gasteiger partial charge is 0.319 e. The van der Waals surface area contributed by atoms with Gasteiger partial charge in [0.1, 0.15) is 0 Å². The zero-order valence-electron chi connectivity index (χ0n) is 9.14. The molecule has 17 heavy (non-hydrogen) atoms. The van der Waals surface area contributed by atoms with Crippen molar-refractivity contribution in [1.82, 2.24) is 5.32 Å². The maximum absolute atomic E-state index is 11.4. The molecule has 0 heterocycles. The van der Waals surface area contributed by atoms with Crippen LogP contribution in [0, 0.1) is 0 Å². The van der Waals surface area contributed by atoms with E-state index in [1.807, 2.05) is 6.07 Å². The topological polar surface area (TPSA) is 78.4 Å². The van der Waals surface area contributed by atoms with E-state index in [0.717, 1.165) is 0 Å². The molecule has 5 nitrogen and oxygen atoms in total. The molecule has 0 aromatic heterocycles. The van der Waals surface area contributed by atoms with Gasteiger partial charge in [0.15, 0.2) is 0 Å². The summed E-state index contributed by atoms with van der Waals surface area (Å²) < 4.78 is 0. The number of para-hydroxylation sites is 1. The lowest BCUT2D eigenvalue weighted by molar-refractivity contribution is -0.137. The number of urea groups is 1. The third kappa shape index (κ3) is 5.26. The van der Waals surface area contributed by atoms with Gasteiger partial charge < -0.3 is 15.7 Å². The van der Waals surface area contributed by atoms with Crippen molar-refractivity contribution in [1.29, 1.82) is 0 Å². The first-order valence-corrected chi connectivity index (χ1v) is 5.59. The highest BCUT2D eigenvalue weighted by molar-refractivity contribution is 7.80. The Kier molecular flexibility index (Phi) is 5.35. The van der Waals surface area contributed by atoms with Crippen LogP contribution in [0.1, 0.15) is 12.8 Å². The minimum absolute atomic E-state index is 0.0451. The highest BCUT2D eigenvalue weighted by Gasteiger charge is 2.03. The SMILES string of the molecule is O=C(O)CCCNC(=O)Nc1ccccc1S. The Morgan fingerprint density at radius 2 is 2.00 bits per heavy atom. The van der Waals surface area contributed by atoms with Gasteiger partial charge in [-0.25, -0.2) is 4.79 Å². The first kappa shape index (κ1) is 13.4. The van der Waals surface area contributed by atoms with E-state index in [-0.39, 0.29) is 12.5 Å². The predicted octanol–water partition coefficient (Wildman–Crippen LogP) is 1.96. The summed E-state index contributed by atoms with van der Waals surface area (Å²) in [6, 6.07) is 6.75. The Morgan fingerprint density at radius 3 is 2.65 bits per heavy atom. The standard InChI is InChI=1S/C11H14N2O3S/c14-10(15)6-3-7-12-11(16)13-8-4-1-2-5-9(8)17/h1-2,4-5,17H,3,6-7H2,(H,14,15)(H2,12,13,16). The van der Waals surface area contributed by atoms with Gasteiger partial charge in [-0.3, -0.25) is 4.79 Å². The highest BCUT2D eigenvalue weighted by atomic mass is 32.1. The molecule has 0 saturated carbocycles. The van der Waals surface area contributed by atoms with E-state index in [1.54, 1.807) is 18.2 Å². The number of carboxylic acids is 1. The number of hydrogen-bond acceptors (Lipinski definition) is 3. The fourth-order valence-corrected chi connectivity index (χ4v) is 1.40. The van der Waals surface area contributed by atoms with Crippen LogP contribution in [0.2, 0.25) is 0 Å². The number of nitrogens with one attached hydrogen (secondary N) is 2. The van der Waals surface area contributed by atoms with Gasteiger partial charge in [0.2, 0.25) is 0 Å². The second-order valence-electron chi connectivity index (χ2n) is 3.40. The third-order valence-electron chi connectivity index (χ3n) is 2.01. The molecule has 0 bridgehead atoms. The number of hydrogen-bond donors (Lipinski definition) is 4. The lowest BCUT2D eigenvalue weighted by Gasteiger charge is -2.08. The summed E-state index contributed by atoms with van der Waals surface area (Å²) in [4.78, 5) is 22.3. The van der Waals surface area contributed by atoms with E-state index in [0.29, 0.717) is 23.5 Å². The number of anilines is 1. The average Bonchev–Trinajstić information content (AvgIpc) is 2.27. The molecule has 1 rings (SSSR count). The van der Waals surface area contributed by atoms with Crippen LogP contribution < -0.4 is 10.6 Å². The molecule has 0 atom stereocenters. The Morgan fingerprint density at radius 1 is 1.29 bits per heavy atom. The monoisotopic (exact) mass is 254 g/mol. The van der Waals surface area contributed by atoms with Crippen LogP contribution in [0.15, 0.2) is 29.2 Å². The molecular weight excluding hydrogens is 240 g/mol. The molecule has 0 aliphatic rings. The number of thiol groups is 1. The van der Waals surface area contributed by atoms with Gasteiger partial charge in [-0.15, -0.1) is 12.6 Å². The fourth-order valence-electron chi connectivity index (χ4n) is 1.19. The van der Waals surface area contributed by atoms with Crippen molar-refractivity contribution in [3.63, 3.8) is 0 Å². The Bertz CT molecular complexity index is 409. The zero-order chi connectivity index (χ0) is 12.7. The second kappa shape index (κ2) is 6.80. The Hall–Kier alpha value is -1.69. The largest absolute Gasteiger partial charge is 0.481 e. The predicted molar refractivity (Wildman–Crippen MR) is 67.6 cm³/mol. The summed E-state index contributed by atoms with van der Waals surface area (Å²) >= 11 is 4.19. The minimum atomic E-state index is -0.868. The second-order valence-corrected chi connectivity index (χ2v) is 3.88. The van der Waals surface area contributed by atoms with E-state index < -0.39 is 5.97 Å². The van der Waals surface area contributed by atoms with Crippen LogP contribution in [0.3, 0.4) is 0 Å². The zero-order valence-corrected chi connectivity index (χ0v) is 10.0. The number of amides is 2. The molecule has 1 aromatic carbocycles. The lowest BCUT2D eigenvalue weighted by atomic mass is 10.3. The number of aliphatic carboxylic acids is 1. The fraction of sp³-hybridized carbons (Fsp3) is 0.273. The van der Waals surface area contributed by atoms with Crippen molar-refractivity contribution < 1.29 is 14.7 Å². The molecule has 0 unspecified atom stereocenters. The normalized spacial score (nSPS) is 9.71. The first-order valence-electron chi connectivity index (χ1n) is 5.14. The Labute approximate surface area is 105 Å². The van der Waals surface area contributed by atoms with Crippen molar-refractivity contribution in [2.75, 3.05) is 11.9 Å². The van der Waals surface area contributed by atoms with Gasteiger partial charge in [-0.1, -0.05) is 12.1 Å². The molecule has 0 saturated heterocycles. The van der Waals surface area contributed by atoms with Crippen LogP contribution in [0.5, 0.6) is 0 Å². The molecular formula is C11H14N2O3S. The molecule has 92 valence electrons. The maximum Gasteiger partial charge on any atom is 0.319 e. The van der Waals surface area contributed by atoms with Crippen molar-refractivity contribution in [2.24, 2.45) is 0 Å². The summed E-state index contributed by atoms with van der Waals surface area (Å²) in [6.45, 7) is 0.326. The number of carbonyl (C=O) groups is 2. The van der Waals surface area contributed by atoms with Gasteiger partial charge in [-0.2, -0.15) is 0 Å². The Balaban J connectivity index is 2.30. The summed E-state index contributed by atoms with van der Waals surface area (Å²) in [6.07, 6.45) is 0.453. The van der Waals surface area contributed by atoms with Crippen molar-refractivity contribution in [2.45, 2.75) is 17.7 Å². The summed E-state index contributed by atoms with van der Waals surface area (Å²) in [5.41, 5.74) is 0.617. The molecule has 0 spiro atoms. The van der Waals surface area contributed by atoms with Crippen molar-refractivity contribution in [3.05, 3.63) is 24.3 Å². The van der Waals surface area contributed by atoms with Crippen molar-refractivity contribution >= 4 is 30.3 Å². The molecule has 2 amide bonds. The number of carbonyl (C=O) groups excluding carboxylic acids is 1. The van der Waals surface area contributed by atoms with E-state index in [2.05, 4.69) is 23.3 Å². The van der Waals surface area contributed by atoms with E-state index >= 15 is 0 Å². The molecule has 0 fully saturated rings. The van der Waals surface area contributed by atoms with Crippen LogP contribution in [-0.2, 0) is 4.79 Å². The molecule has 0 aliphatic carbocycles. The molecule has 3 N–H and O–H groups in total. The third-order valence-corrected chi connectivity index (χ3v) is 2.40. The van der Waals surface area contributed by atoms with Gasteiger partial charge in [-0.05, 0) is 18.6 Å². The molecule has 0 radical (unpaired) electrons. The van der Waals surface area contributed by atoms with Crippen LogP contribution in [-0.4, -0.2) is 23.7 Å². The molecule has 0 aliphatic heterocycles. The van der Waals surface area contributed by atoms with Gasteiger partial charge >= 0.3 is 12.0 Å². The van der Waals surface area contributed by atoms with E-state index in [4.69, 9.17) is 5.11 Å². The number of carboxylic acid groups (broad SMARTS) is 1. The van der Waals surface area contributed by atoms with Gasteiger partial charge in [0.05, 0.1) is 5.69 Å². The average molecular weight is 254 g/mol. The molecule has 6 heteroatoms. The van der Waals surface area contributed by atoms with Gasteiger partial charge in [0, 0.05) is 17.9 Å². The quantitative estimate of drug-likeness (QED) is 0.479. The highest BCUT2D eigenvalue weighted by Crippen LogP contribution is 2.17. The summed E-state index contributed by atoms with van der Waals surface area (Å²) in [5.74, 6) is -0.868. The summed E-state index contributed by atoms with van der Waals surface area (Å²) in [5, 5.41) is 13.6. The van der Waals surface area contributed by atoms with Crippen molar-refractivity contribution in [3.8, 4) is 0 Å². The number of benzene rings is 1. The summed E-state index contributed by atoms with van der Waals surface area (Å²) in [7, 11) is 0. The van der Waals surface area contributed by atoms with Crippen LogP contribution in [0.4, 0.5) is 10.5 Å². The van der Waals surface area contributed by atoms with E-state index in [1.165, 1.54) is 0 Å². The minimum Gasteiger partial charge on any atom is -0.481 e. The van der Waals surface area contributed by atoms with Crippen LogP contribution in [0.25, 0.3) is 0 Å². The lowest BCUT2D eigenvalue weighted by Crippen LogP contribution is -2.29. The molecule has 1 aromatic rings. The number of rotatable bonds is 5. The maximum atomic E-state index is 11.4. The van der Waals surface area contributed by atoms with Crippen LogP contribution >= 0.6 is 12.6 Å². The first-order chi connectivity index (χ1) is 8.09. The van der Waals surface area contributed by atoms with E-state index in [9.17, 15) is 9.59 Å².